The summed E-state index contributed by atoms with van der Waals surface area (Å²) in [5.41, 5.74) is -0.438. The lowest BCUT2D eigenvalue weighted by Crippen LogP contribution is -2.60. The van der Waals surface area contributed by atoms with Crippen LogP contribution in [0.5, 0.6) is 0 Å². The van der Waals surface area contributed by atoms with E-state index in [0.29, 0.717) is 3.92 Å². The van der Waals surface area contributed by atoms with E-state index in [-0.39, 0.29) is 17.2 Å². The fourth-order valence-electron chi connectivity index (χ4n) is 3.58. The molecule has 2 bridgehead atoms. The number of piperidine rings is 1. The average molecular weight is 365 g/mol. The van der Waals surface area contributed by atoms with Crippen molar-refractivity contribution in [2.75, 3.05) is 0 Å². The summed E-state index contributed by atoms with van der Waals surface area (Å²) in [6, 6.07) is 0. The van der Waals surface area contributed by atoms with Crippen LogP contribution in [0.15, 0.2) is 0 Å². The number of halogens is 1. The van der Waals surface area contributed by atoms with Crippen molar-refractivity contribution in [2.24, 2.45) is 0 Å². The molecule has 2 heterocycles. The maximum atomic E-state index is 12.5. The third-order valence-corrected chi connectivity index (χ3v) is 5.06. The number of amides is 1. The van der Waals surface area contributed by atoms with Gasteiger partial charge in [-0.15, -0.1) is 0 Å². The Hall–Kier alpha value is 0. The van der Waals surface area contributed by atoms with Crippen molar-refractivity contribution in [3.8, 4) is 0 Å². The second kappa shape index (κ2) is 4.25. The van der Waals surface area contributed by atoms with Crippen molar-refractivity contribution in [3.63, 3.8) is 0 Å². The maximum Gasteiger partial charge on any atom is 0.411 e. The Morgan fingerprint density at radius 3 is 2.06 bits per heavy atom. The number of hydrogen-bond donors (Lipinski definition) is 0. The minimum atomic E-state index is -0.412. The number of hydrogen-bond acceptors (Lipinski definition) is 2. The second-order valence-electron chi connectivity index (χ2n) is 7.32. The van der Waals surface area contributed by atoms with E-state index < -0.39 is 5.60 Å². The van der Waals surface area contributed by atoms with E-state index in [0.717, 1.165) is 25.7 Å². The summed E-state index contributed by atoms with van der Waals surface area (Å²) in [5, 5.41) is 0. The Bertz CT molecular complexity index is 345. The molecule has 2 aliphatic heterocycles. The number of nitrogens with zero attached hydrogens (tertiary/aromatic N) is 1. The molecular weight excluding hydrogens is 341 g/mol. The number of carbonyl (C=O) groups is 1. The second-order valence-corrected chi connectivity index (χ2v) is 9.08. The van der Waals surface area contributed by atoms with Gasteiger partial charge in [-0.2, -0.15) is 0 Å². The molecule has 1 unspecified atom stereocenters. The Balaban J connectivity index is 2.25. The van der Waals surface area contributed by atoms with Crippen LogP contribution in [0.2, 0.25) is 0 Å². The van der Waals surface area contributed by atoms with Gasteiger partial charge in [0.1, 0.15) is 5.60 Å². The SMILES string of the molecule is CC(C)(C)OC(=O)N1[C@@]2(C)CC[C@]1(C)CC(I)C2. The molecule has 0 aromatic rings. The van der Waals surface area contributed by atoms with Gasteiger partial charge in [0.2, 0.25) is 0 Å². The standard InChI is InChI=1S/C14H24INO2/c1-12(2,3)18-11(17)16-13(4)6-7-14(16,5)9-10(15)8-13/h10H,6-9H2,1-5H3/t10?,13-,14+. The zero-order valence-electron chi connectivity index (χ0n) is 12.0. The summed E-state index contributed by atoms with van der Waals surface area (Å²) in [6.45, 7) is 10.2. The Labute approximate surface area is 124 Å². The molecule has 0 aliphatic carbocycles. The fourth-order valence-corrected chi connectivity index (χ4v) is 5.47. The third kappa shape index (κ3) is 2.49. The van der Waals surface area contributed by atoms with Gasteiger partial charge in [-0.25, -0.2) is 4.79 Å². The van der Waals surface area contributed by atoms with Gasteiger partial charge >= 0.3 is 6.09 Å². The van der Waals surface area contributed by atoms with Crippen molar-refractivity contribution in [3.05, 3.63) is 0 Å². The van der Waals surface area contributed by atoms with Crippen LogP contribution >= 0.6 is 22.6 Å². The lowest BCUT2D eigenvalue weighted by atomic mass is 9.86. The predicted octanol–water partition coefficient (Wildman–Crippen LogP) is 4.13. The number of alkyl halides is 1. The molecule has 0 saturated carbocycles. The minimum absolute atomic E-state index is 0.0127. The highest BCUT2D eigenvalue weighted by atomic mass is 127. The van der Waals surface area contributed by atoms with E-state index in [2.05, 4.69) is 36.4 Å². The smallest absolute Gasteiger partial charge is 0.411 e. The van der Waals surface area contributed by atoms with Crippen molar-refractivity contribution >= 4 is 28.7 Å². The number of ether oxygens (including phenoxy) is 1. The quantitative estimate of drug-likeness (QED) is 0.477. The molecule has 2 rings (SSSR count). The van der Waals surface area contributed by atoms with E-state index in [9.17, 15) is 4.79 Å². The van der Waals surface area contributed by atoms with Crippen molar-refractivity contribution in [1.82, 2.24) is 4.90 Å². The van der Waals surface area contributed by atoms with Crippen LogP contribution < -0.4 is 0 Å². The van der Waals surface area contributed by atoms with E-state index in [1.807, 2.05) is 25.7 Å². The molecule has 18 heavy (non-hydrogen) atoms. The minimum Gasteiger partial charge on any atom is -0.444 e. The fraction of sp³-hybridized carbons (Fsp3) is 0.929. The molecule has 0 aromatic heterocycles. The molecule has 0 radical (unpaired) electrons. The maximum absolute atomic E-state index is 12.5. The van der Waals surface area contributed by atoms with Gasteiger partial charge < -0.3 is 4.74 Å². The van der Waals surface area contributed by atoms with Crippen molar-refractivity contribution in [2.45, 2.75) is 80.9 Å². The molecule has 3 atom stereocenters. The van der Waals surface area contributed by atoms with E-state index in [1.54, 1.807) is 0 Å². The average Bonchev–Trinajstić information content (AvgIpc) is 2.27. The molecule has 4 heteroatoms. The molecule has 0 aromatic carbocycles. The van der Waals surface area contributed by atoms with Crippen LogP contribution in [-0.4, -0.2) is 31.6 Å². The first-order valence-electron chi connectivity index (χ1n) is 6.73. The topological polar surface area (TPSA) is 29.5 Å². The van der Waals surface area contributed by atoms with Gasteiger partial charge in [0.25, 0.3) is 0 Å². The predicted molar refractivity (Wildman–Crippen MR) is 81.2 cm³/mol. The van der Waals surface area contributed by atoms with Crippen LogP contribution in [0.1, 0.15) is 60.3 Å². The number of fused-ring (bicyclic) bond motifs is 2. The van der Waals surface area contributed by atoms with Gasteiger partial charge in [-0.05, 0) is 60.3 Å². The molecule has 0 N–H and O–H groups in total. The van der Waals surface area contributed by atoms with Crippen molar-refractivity contribution in [1.29, 1.82) is 0 Å². The summed E-state index contributed by atoms with van der Waals surface area (Å²) < 4.78 is 6.27. The van der Waals surface area contributed by atoms with E-state index in [1.165, 1.54) is 0 Å². The first-order valence-corrected chi connectivity index (χ1v) is 7.98. The van der Waals surface area contributed by atoms with Crippen LogP contribution in [0.3, 0.4) is 0 Å². The van der Waals surface area contributed by atoms with E-state index in [4.69, 9.17) is 4.74 Å². The lowest BCUT2D eigenvalue weighted by Gasteiger charge is -2.49. The van der Waals surface area contributed by atoms with Gasteiger partial charge in [-0.1, -0.05) is 22.6 Å². The molecule has 1 amide bonds. The largest absolute Gasteiger partial charge is 0.444 e. The Morgan fingerprint density at radius 2 is 1.67 bits per heavy atom. The first kappa shape index (κ1) is 14.4. The van der Waals surface area contributed by atoms with Gasteiger partial charge in [0, 0.05) is 15.0 Å². The summed E-state index contributed by atoms with van der Waals surface area (Å²) >= 11 is 2.53. The molecule has 2 saturated heterocycles. The highest BCUT2D eigenvalue weighted by Crippen LogP contribution is 2.52. The normalized spacial score (nSPS) is 39.9. The molecule has 104 valence electrons. The van der Waals surface area contributed by atoms with Crippen molar-refractivity contribution < 1.29 is 9.53 Å². The summed E-state index contributed by atoms with van der Waals surface area (Å²) in [6.07, 6.45) is 4.24. The van der Waals surface area contributed by atoms with Crippen LogP contribution in [-0.2, 0) is 4.74 Å². The van der Waals surface area contributed by atoms with Crippen LogP contribution in [0.25, 0.3) is 0 Å². The monoisotopic (exact) mass is 365 g/mol. The van der Waals surface area contributed by atoms with E-state index >= 15 is 0 Å². The summed E-state index contributed by atoms with van der Waals surface area (Å²) in [5.74, 6) is 0. The van der Waals surface area contributed by atoms with Crippen LogP contribution in [0.4, 0.5) is 4.79 Å². The molecule has 2 fully saturated rings. The molecule has 2 aliphatic rings. The molecular formula is C14H24INO2. The first-order chi connectivity index (χ1) is 8.06. The molecule has 3 nitrogen and oxygen atoms in total. The summed E-state index contributed by atoms with van der Waals surface area (Å²) in [7, 11) is 0. The number of rotatable bonds is 0. The zero-order valence-corrected chi connectivity index (χ0v) is 14.2. The van der Waals surface area contributed by atoms with Crippen LogP contribution in [0, 0.1) is 0 Å². The molecule has 0 spiro atoms. The highest BCUT2D eigenvalue weighted by molar-refractivity contribution is 14.1. The van der Waals surface area contributed by atoms with Gasteiger partial charge in [-0.3, -0.25) is 4.90 Å². The number of carbonyl (C=O) groups excluding carboxylic acids is 1. The third-order valence-electron chi connectivity index (χ3n) is 4.18. The Kier molecular flexibility index (Phi) is 3.40. The highest BCUT2D eigenvalue weighted by Gasteiger charge is 2.57. The zero-order chi connectivity index (χ0) is 13.8. The van der Waals surface area contributed by atoms with Gasteiger partial charge in [0.05, 0.1) is 0 Å². The summed E-state index contributed by atoms with van der Waals surface area (Å²) in [4.78, 5) is 14.5. The lowest BCUT2D eigenvalue weighted by molar-refractivity contribution is -0.0294. The Morgan fingerprint density at radius 1 is 1.22 bits per heavy atom. The van der Waals surface area contributed by atoms with Gasteiger partial charge in [0.15, 0.2) is 0 Å².